The van der Waals surface area contributed by atoms with Gasteiger partial charge in [0, 0.05) is 31.2 Å². The van der Waals surface area contributed by atoms with Crippen molar-refractivity contribution in [2.24, 2.45) is 0 Å². The number of rotatable bonds is 5. The molecule has 1 amide bonds. The fourth-order valence-electron chi connectivity index (χ4n) is 3.03. The maximum Gasteiger partial charge on any atom is 0.260 e. The van der Waals surface area contributed by atoms with Crippen LogP contribution < -0.4 is 10.3 Å². The van der Waals surface area contributed by atoms with Crippen molar-refractivity contribution >= 4 is 16.7 Å². The highest BCUT2D eigenvalue weighted by molar-refractivity contribution is 5.88. The van der Waals surface area contributed by atoms with Gasteiger partial charge in [-0.25, -0.2) is 0 Å². The Morgan fingerprint density at radius 1 is 1.17 bits per heavy atom. The summed E-state index contributed by atoms with van der Waals surface area (Å²) in [5, 5.41) is 1.39. The molecule has 23 heavy (non-hydrogen) atoms. The molecule has 5 nitrogen and oxygen atoms in total. The van der Waals surface area contributed by atoms with Crippen LogP contribution in [-0.2, 0) is 11.3 Å². The minimum atomic E-state index is -0.0133. The minimum Gasteiger partial charge on any atom is -0.483 e. The van der Waals surface area contributed by atoms with Crippen molar-refractivity contribution in [2.45, 2.75) is 32.7 Å². The van der Waals surface area contributed by atoms with Gasteiger partial charge in [0.2, 0.25) is 0 Å². The second kappa shape index (κ2) is 6.86. The van der Waals surface area contributed by atoms with Gasteiger partial charge in [0.1, 0.15) is 5.75 Å². The molecule has 0 spiro atoms. The molecule has 1 aromatic carbocycles. The van der Waals surface area contributed by atoms with Crippen LogP contribution in [-0.4, -0.2) is 35.1 Å². The number of likely N-dealkylation sites (tertiary alicyclic amines) is 1. The fraction of sp³-hybridized carbons (Fsp3) is 0.444. The summed E-state index contributed by atoms with van der Waals surface area (Å²) >= 11 is 0. The van der Waals surface area contributed by atoms with Crippen molar-refractivity contribution in [3.63, 3.8) is 0 Å². The molecule has 2 heterocycles. The summed E-state index contributed by atoms with van der Waals surface area (Å²) in [5.74, 6) is 0.606. The normalized spacial score (nSPS) is 14.4. The number of fused-ring (bicyclic) bond motifs is 1. The van der Waals surface area contributed by atoms with Gasteiger partial charge in [0.05, 0.1) is 5.39 Å². The number of carbonyl (C=O) groups excluding carboxylic acids is 1. The molecular weight excluding hydrogens is 292 g/mol. The van der Waals surface area contributed by atoms with Gasteiger partial charge in [-0.15, -0.1) is 0 Å². The first-order chi connectivity index (χ1) is 11.2. The molecule has 1 saturated heterocycles. The van der Waals surface area contributed by atoms with Crippen LogP contribution >= 0.6 is 0 Å². The largest absolute Gasteiger partial charge is 0.483 e. The maximum absolute atomic E-state index is 12.5. The zero-order valence-electron chi connectivity index (χ0n) is 13.5. The van der Waals surface area contributed by atoms with E-state index in [0.29, 0.717) is 17.7 Å². The summed E-state index contributed by atoms with van der Waals surface area (Å²) < 4.78 is 7.42. The fourth-order valence-corrected chi connectivity index (χ4v) is 3.03. The first kappa shape index (κ1) is 15.6. The summed E-state index contributed by atoms with van der Waals surface area (Å²) in [6, 6.07) is 7.31. The van der Waals surface area contributed by atoms with Crippen molar-refractivity contribution in [3.8, 4) is 5.75 Å². The highest BCUT2D eigenvalue weighted by Gasteiger charge is 2.18. The van der Waals surface area contributed by atoms with Crippen LogP contribution in [0.4, 0.5) is 0 Å². The third kappa shape index (κ3) is 3.23. The van der Waals surface area contributed by atoms with Crippen LogP contribution in [0, 0.1) is 0 Å². The van der Waals surface area contributed by atoms with Crippen LogP contribution in [0.1, 0.15) is 26.2 Å². The van der Waals surface area contributed by atoms with Gasteiger partial charge < -0.3 is 14.2 Å². The van der Waals surface area contributed by atoms with E-state index in [2.05, 4.69) is 0 Å². The topological polar surface area (TPSA) is 51.5 Å². The lowest BCUT2D eigenvalue weighted by Crippen LogP contribution is -2.32. The van der Waals surface area contributed by atoms with Gasteiger partial charge in [-0.1, -0.05) is 13.0 Å². The number of pyridine rings is 1. The highest BCUT2D eigenvalue weighted by atomic mass is 16.5. The lowest BCUT2D eigenvalue weighted by Gasteiger charge is -2.16. The SMILES string of the molecule is CCCn1ccc2c(OCC(=O)N3CCCC3)cccc2c1=O. The molecule has 1 aliphatic rings. The average Bonchev–Trinajstić information content (AvgIpc) is 3.10. The van der Waals surface area contributed by atoms with Crippen LogP contribution in [0.2, 0.25) is 0 Å². The monoisotopic (exact) mass is 314 g/mol. The lowest BCUT2D eigenvalue weighted by atomic mass is 10.1. The molecule has 0 bridgehead atoms. The van der Waals surface area contributed by atoms with Crippen molar-refractivity contribution in [1.82, 2.24) is 9.47 Å². The number of benzene rings is 1. The lowest BCUT2D eigenvalue weighted by molar-refractivity contribution is -0.132. The molecular formula is C18H22N2O3. The second-order valence-corrected chi connectivity index (χ2v) is 5.91. The second-order valence-electron chi connectivity index (χ2n) is 5.91. The first-order valence-electron chi connectivity index (χ1n) is 8.23. The van der Waals surface area contributed by atoms with Gasteiger partial charge in [-0.2, -0.15) is 0 Å². The third-order valence-corrected chi connectivity index (χ3v) is 4.25. The van der Waals surface area contributed by atoms with Crippen molar-refractivity contribution in [1.29, 1.82) is 0 Å². The van der Waals surface area contributed by atoms with Crippen LogP contribution in [0.15, 0.2) is 35.3 Å². The number of carbonyl (C=O) groups is 1. The van der Waals surface area contributed by atoms with Crippen LogP contribution in [0.5, 0.6) is 5.75 Å². The van der Waals surface area contributed by atoms with Gasteiger partial charge in [-0.05, 0) is 37.5 Å². The van der Waals surface area contributed by atoms with E-state index < -0.39 is 0 Å². The molecule has 122 valence electrons. The number of nitrogens with zero attached hydrogens (tertiary/aromatic N) is 2. The molecule has 0 saturated carbocycles. The van der Waals surface area contributed by atoms with Gasteiger partial charge >= 0.3 is 0 Å². The Kier molecular flexibility index (Phi) is 4.65. The molecule has 1 fully saturated rings. The molecule has 3 rings (SSSR count). The van der Waals surface area contributed by atoms with Gasteiger partial charge in [0.25, 0.3) is 11.5 Å². The van der Waals surface area contributed by atoms with Gasteiger partial charge in [0.15, 0.2) is 6.61 Å². The maximum atomic E-state index is 12.5. The summed E-state index contributed by atoms with van der Waals surface area (Å²) in [7, 11) is 0. The molecule has 5 heteroatoms. The molecule has 1 aromatic heterocycles. The van der Waals surface area contributed by atoms with Crippen LogP contribution in [0.3, 0.4) is 0 Å². The zero-order chi connectivity index (χ0) is 16.2. The van der Waals surface area contributed by atoms with E-state index in [4.69, 9.17) is 4.74 Å². The number of ether oxygens (including phenoxy) is 1. The van der Waals surface area contributed by atoms with Crippen molar-refractivity contribution < 1.29 is 9.53 Å². The molecule has 0 N–H and O–H groups in total. The first-order valence-corrected chi connectivity index (χ1v) is 8.23. The van der Waals surface area contributed by atoms with Crippen molar-refractivity contribution in [3.05, 3.63) is 40.8 Å². The van der Waals surface area contributed by atoms with E-state index in [9.17, 15) is 9.59 Å². The predicted molar refractivity (Wildman–Crippen MR) is 89.8 cm³/mol. The minimum absolute atomic E-state index is 0.0128. The third-order valence-electron chi connectivity index (χ3n) is 4.25. The van der Waals surface area contributed by atoms with E-state index in [1.165, 1.54) is 0 Å². The van der Waals surface area contributed by atoms with E-state index >= 15 is 0 Å². The summed E-state index contributed by atoms with van der Waals surface area (Å²) in [6.07, 6.45) is 4.84. The Balaban J connectivity index is 1.82. The quantitative estimate of drug-likeness (QED) is 0.851. The molecule has 0 radical (unpaired) electrons. The molecule has 2 aromatic rings. The van der Waals surface area contributed by atoms with Gasteiger partial charge in [-0.3, -0.25) is 9.59 Å². The standard InChI is InChI=1S/C18H22N2O3/c1-2-9-20-12-8-14-15(18(20)22)6-5-7-16(14)23-13-17(21)19-10-3-4-11-19/h5-8,12H,2-4,9-11,13H2,1H3. The predicted octanol–water partition coefficient (Wildman–Crippen LogP) is 2.41. The van der Waals surface area contributed by atoms with E-state index in [-0.39, 0.29) is 18.1 Å². The Morgan fingerprint density at radius 3 is 2.70 bits per heavy atom. The average molecular weight is 314 g/mol. The van der Waals surface area contributed by atoms with E-state index in [0.717, 1.165) is 37.7 Å². The number of hydrogen-bond donors (Lipinski definition) is 0. The summed E-state index contributed by atoms with van der Waals surface area (Å²) in [4.78, 5) is 26.4. The molecule has 0 unspecified atom stereocenters. The summed E-state index contributed by atoms with van der Waals surface area (Å²) in [6.45, 7) is 4.41. The van der Waals surface area contributed by atoms with E-state index in [1.807, 2.05) is 24.0 Å². The zero-order valence-corrected chi connectivity index (χ0v) is 13.5. The number of aryl methyl sites for hydroxylation is 1. The molecule has 0 atom stereocenters. The number of amides is 1. The Labute approximate surface area is 135 Å². The number of aromatic nitrogens is 1. The highest BCUT2D eigenvalue weighted by Crippen LogP contribution is 2.23. The molecule has 1 aliphatic heterocycles. The Hall–Kier alpha value is -2.30. The Morgan fingerprint density at radius 2 is 1.96 bits per heavy atom. The summed E-state index contributed by atoms with van der Waals surface area (Å²) in [5.41, 5.74) is -0.0133. The van der Waals surface area contributed by atoms with Crippen molar-refractivity contribution in [2.75, 3.05) is 19.7 Å². The van der Waals surface area contributed by atoms with Crippen LogP contribution in [0.25, 0.3) is 10.8 Å². The molecule has 0 aliphatic carbocycles. The van der Waals surface area contributed by atoms with E-state index in [1.54, 1.807) is 22.9 Å². The Bertz CT molecular complexity index is 760. The number of hydrogen-bond acceptors (Lipinski definition) is 3. The smallest absolute Gasteiger partial charge is 0.260 e.